The molecule has 128 valence electrons. The van der Waals surface area contributed by atoms with E-state index in [-0.39, 0.29) is 6.10 Å². The predicted octanol–water partition coefficient (Wildman–Crippen LogP) is 3.44. The van der Waals surface area contributed by atoms with Gasteiger partial charge in [-0.15, -0.1) is 0 Å². The number of hydrogen-bond acceptors (Lipinski definition) is 6. The van der Waals surface area contributed by atoms with Gasteiger partial charge in [0.2, 0.25) is 0 Å². The first-order valence-corrected chi connectivity index (χ1v) is 8.27. The topological polar surface area (TPSA) is 68.3 Å². The van der Waals surface area contributed by atoms with Gasteiger partial charge in [0.05, 0.1) is 18.9 Å². The van der Waals surface area contributed by atoms with Crippen molar-refractivity contribution >= 4 is 17.3 Å². The molecule has 2 heterocycles. The van der Waals surface area contributed by atoms with Gasteiger partial charge >= 0.3 is 0 Å². The summed E-state index contributed by atoms with van der Waals surface area (Å²) in [5.41, 5.74) is 2.04. The summed E-state index contributed by atoms with van der Waals surface area (Å²) in [6, 6.07) is 7.91. The lowest BCUT2D eigenvalue weighted by Gasteiger charge is -2.14. The van der Waals surface area contributed by atoms with Crippen LogP contribution in [0.3, 0.4) is 0 Å². The molecule has 0 aliphatic carbocycles. The molecule has 2 N–H and O–H groups in total. The molecule has 1 fully saturated rings. The lowest BCUT2D eigenvalue weighted by atomic mass is 10.2. The smallest absolute Gasteiger partial charge is 0.142 e. The Bertz CT molecular complexity index is 699. The van der Waals surface area contributed by atoms with Crippen LogP contribution in [0.2, 0.25) is 0 Å². The van der Waals surface area contributed by atoms with Crippen molar-refractivity contribution in [2.45, 2.75) is 32.8 Å². The molecule has 24 heavy (non-hydrogen) atoms. The van der Waals surface area contributed by atoms with E-state index >= 15 is 0 Å². The lowest BCUT2D eigenvalue weighted by Crippen LogP contribution is -2.19. The van der Waals surface area contributed by atoms with Crippen LogP contribution in [0.25, 0.3) is 0 Å². The molecule has 0 radical (unpaired) electrons. The number of hydrogen-bond donors (Lipinski definition) is 2. The van der Waals surface area contributed by atoms with Gasteiger partial charge in [0, 0.05) is 19.2 Å². The van der Waals surface area contributed by atoms with Crippen LogP contribution in [0.15, 0.2) is 24.3 Å². The first-order chi connectivity index (χ1) is 11.6. The minimum Gasteiger partial charge on any atom is -0.495 e. The highest BCUT2D eigenvalue weighted by molar-refractivity contribution is 5.66. The average molecular weight is 328 g/mol. The SMILES string of the molecule is COc1ccc(C)cc1Nc1cc(NCC2CCCO2)nc(C)n1. The minimum absolute atomic E-state index is 0.272. The fraction of sp³-hybridized carbons (Fsp3) is 0.444. The molecular formula is C18H24N4O2. The molecule has 2 aromatic rings. The highest BCUT2D eigenvalue weighted by Gasteiger charge is 2.15. The number of benzene rings is 1. The van der Waals surface area contributed by atoms with Crippen molar-refractivity contribution in [2.75, 3.05) is 30.9 Å². The van der Waals surface area contributed by atoms with Crippen LogP contribution in [0.5, 0.6) is 5.75 Å². The molecule has 0 saturated carbocycles. The Labute approximate surface area is 142 Å². The third-order valence-electron chi connectivity index (χ3n) is 3.99. The zero-order chi connectivity index (χ0) is 16.9. The Kier molecular flexibility index (Phi) is 5.15. The number of aromatic nitrogens is 2. The average Bonchev–Trinajstić information content (AvgIpc) is 3.06. The highest BCUT2D eigenvalue weighted by atomic mass is 16.5. The summed E-state index contributed by atoms with van der Waals surface area (Å²) in [6.07, 6.45) is 2.51. The van der Waals surface area contributed by atoms with Crippen LogP contribution >= 0.6 is 0 Å². The lowest BCUT2D eigenvalue weighted by molar-refractivity contribution is 0.120. The van der Waals surface area contributed by atoms with Gasteiger partial charge in [-0.3, -0.25) is 0 Å². The zero-order valence-corrected chi connectivity index (χ0v) is 14.4. The molecule has 0 spiro atoms. The van der Waals surface area contributed by atoms with Gasteiger partial charge in [-0.25, -0.2) is 9.97 Å². The summed E-state index contributed by atoms with van der Waals surface area (Å²) in [4.78, 5) is 8.91. The summed E-state index contributed by atoms with van der Waals surface area (Å²) in [5, 5.41) is 6.67. The van der Waals surface area contributed by atoms with Crippen molar-refractivity contribution < 1.29 is 9.47 Å². The molecular weight excluding hydrogens is 304 g/mol. The standard InChI is InChI=1S/C18H24N4O2/c1-12-6-7-16(23-3)15(9-12)22-18-10-17(20-13(2)21-18)19-11-14-5-4-8-24-14/h6-7,9-10,14H,4-5,8,11H2,1-3H3,(H2,19,20,21,22). The molecule has 1 unspecified atom stereocenters. The number of aryl methyl sites for hydroxylation is 2. The van der Waals surface area contributed by atoms with Gasteiger partial charge in [0.15, 0.2) is 0 Å². The van der Waals surface area contributed by atoms with E-state index in [9.17, 15) is 0 Å². The zero-order valence-electron chi connectivity index (χ0n) is 14.4. The maximum atomic E-state index is 5.64. The minimum atomic E-state index is 0.272. The highest BCUT2D eigenvalue weighted by Crippen LogP contribution is 2.28. The molecule has 1 aliphatic heterocycles. The van der Waals surface area contributed by atoms with Gasteiger partial charge in [0.25, 0.3) is 0 Å². The van der Waals surface area contributed by atoms with E-state index < -0.39 is 0 Å². The molecule has 0 amide bonds. The van der Waals surface area contributed by atoms with E-state index in [1.54, 1.807) is 7.11 Å². The number of ether oxygens (including phenoxy) is 2. The van der Waals surface area contributed by atoms with E-state index in [0.29, 0.717) is 5.82 Å². The summed E-state index contributed by atoms with van der Waals surface area (Å²) in [7, 11) is 1.66. The number of methoxy groups -OCH3 is 1. The second-order valence-corrected chi connectivity index (χ2v) is 6.03. The van der Waals surface area contributed by atoms with Crippen molar-refractivity contribution in [1.82, 2.24) is 9.97 Å². The number of nitrogens with zero attached hydrogens (tertiary/aromatic N) is 2. The molecule has 3 rings (SSSR count). The van der Waals surface area contributed by atoms with Crippen molar-refractivity contribution in [2.24, 2.45) is 0 Å². The largest absolute Gasteiger partial charge is 0.495 e. The monoisotopic (exact) mass is 328 g/mol. The summed E-state index contributed by atoms with van der Waals surface area (Å²) >= 11 is 0. The molecule has 1 aromatic heterocycles. The van der Waals surface area contributed by atoms with Crippen molar-refractivity contribution in [3.63, 3.8) is 0 Å². The Balaban J connectivity index is 1.74. The quantitative estimate of drug-likeness (QED) is 0.847. The third kappa shape index (κ3) is 4.14. The second kappa shape index (κ2) is 7.49. The molecule has 1 aromatic carbocycles. The summed E-state index contributed by atoms with van der Waals surface area (Å²) in [6.45, 7) is 5.55. The van der Waals surface area contributed by atoms with Crippen LogP contribution in [-0.2, 0) is 4.74 Å². The first-order valence-electron chi connectivity index (χ1n) is 8.27. The molecule has 1 aliphatic rings. The Morgan fingerprint density at radius 2 is 2.04 bits per heavy atom. The first kappa shape index (κ1) is 16.5. The van der Waals surface area contributed by atoms with E-state index in [4.69, 9.17) is 9.47 Å². The van der Waals surface area contributed by atoms with Gasteiger partial charge in [0.1, 0.15) is 23.2 Å². The fourth-order valence-electron chi connectivity index (χ4n) is 2.80. The summed E-state index contributed by atoms with van der Waals surface area (Å²) in [5.74, 6) is 3.03. The van der Waals surface area contributed by atoms with Crippen LogP contribution in [0.4, 0.5) is 17.3 Å². The van der Waals surface area contributed by atoms with Gasteiger partial charge in [-0.05, 0) is 44.4 Å². The van der Waals surface area contributed by atoms with Crippen LogP contribution in [0, 0.1) is 13.8 Å². The Hall–Kier alpha value is -2.34. The predicted molar refractivity (Wildman–Crippen MR) is 95.2 cm³/mol. The van der Waals surface area contributed by atoms with E-state index in [2.05, 4.69) is 20.6 Å². The maximum Gasteiger partial charge on any atom is 0.142 e. The number of rotatable bonds is 6. The van der Waals surface area contributed by atoms with Crippen LogP contribution in [0.1, 0.15) is 24.2 Å². The van der Waals surface area contributed by atoms with E-state index in [1.807, 2.05) is 38.1 Å². The Morgan fingerprint density at radius 1 is 1.21 bits per heavy atom. The normalized spacial score (nSPS) is 16.9. The molecule has 0 bridgehead atoms. The van der Waals surface area contributed by atoms with Crippen LogP contribution < -0.4 is 15.4 Å². The van der Waals surface area contributed by atoms with E-state index in [1.165, 1.54) is 0 Å². The summed E-state index contributed by atoms with van der Waals surface area (Å²) < 4.78 is 11.0. The van der Waals surface area contributed by atoms with Crippen molar-refractivity contribution in [3.05, 3.63) is 35.7 Å². The molecule has 1 atom stereocenters. The molecule has 6 heteroatoms. The second-order valence-electron chi connectivity index (χ2n) is 6.03. The number of nitrogens with one attached hydrogen (secondary N) is 2. The van der Waals surface area contributed by atoms with Gasteiger partial charge in [-0.1, -0.05) is 6.07 Å². The third-order valence-corrected chi connectivity index (χ3v) is 3.99. The van der Waals surface area contributed by atoms with Crippen LogP contribution in [-0.4, -0.2) is 36.3 Å². The van der Waals surface area contributed by atoms with E-state index in [0.717, 1.165) is 54.6 Å². The maximum absolute atomic E-state index is 5.64. The van der Waals surface area contributed by atoms with Crippen molar-refractivity contribution in [3.8, 4) is 5.75 Å². The van der Waals surface area contributed by atoms with Gasteiger partial charge in [-0.2, -0.15) is 0 Å². The molecule has 1 saturated heterocycles. The van der Waals surface area contributed by atoms with Gasteiger partial charge < -0.3 is 20.1 Å². The van der Waals surface area contributed by atoms with Crippen molar-refractivity contribution in [1.29, 1.82) is 0 Å². The number of anilines is 3. The molecule has 6 nitrogen and oxygen atoms in total. The fourth-order valence-corrected chi connectivity index (χ4v) is 2.80. The Morgan fingerprint density at radius 3 is 2.79 bits per heavy atom.